The van der Waals surface area contributed by atoms with Gasteiger partial charge in [-0.25, -0.2) is 4.98 Å². The van der Waals surface area contributed by atoms with Gasteiger partial charge in [0.15, 0.2) is 5.16 Å². The van der Waals surface area contributed by atoms with Gasteiger partial charge in [-0.15, -0.1) is 0 Å². The van der Waals surface area contributed by atoms with Gasteiger partial charge >= 0.3 is 0 Å². The molecule has 1 aromatic heterocycles. The molecule has 1 heterocycles. The van der Waals surface area contributed by atoms with E-state index in [0.717, 1.165) is 22.2 Å². The molecule has 0 bridgehead atoms. The predicted molar refractivity (Wildman–Crippen MR) is 78.5 cm³/mol. The Balaban J connectivity index is 2.00. The Kier molecular flexibility index (Phi) is 4.81. The van der Waals surface area contributed by atoms with Gasteiger partial charge in [-0.2, -0.15) is 0 Å². The molecule has 0 aliphatic rings. The number of nitrogens with zero attached hydrogens (tertiary/aromatic N) is 2. The number of thioether (sulfide) groups is 1. The molecule has 106 valence electrons. The molecule has 0 aliphatic carbocycles. The van der Waals surface area contributed by atoms with Crippen molar-refractivity contribution in [3.63, 3.8) is 0 Å². The van der Waals surface area contributed by atoms with Crippen LogP contribution in [-0.2, 0) is 19.4 Å². The van der Waals surface area contributed by atoms with Gasteiger partial charge in [0.05, 0.1) is 18.5 Å². The van der Waals surface area contributed by atoms with Crippen molar-refractivity contribution in [2.24, 2.45) is 7.05 Å². The average molecular weight is 291 g/mol. The SMILES string of the molecule is CNC(=O)c1ccc(CSc2ncc(CO)n2C)cc1. The monoisotopic (exact) mass is 291 g/mol. The van der Waals surface area contributed by atoms with E-state index in [4.69, 9.17) is 5.11 Å². The number of carbonyl (C=O) groups is 1. The Morgan fingerprint density at radius 3 is 2.65 bits per heavy atom. The molecule has 0 aliphatic heterocycles. The molecule has 2 rings (SSSR count). The van der Waals surface area contributed by atoms with Crippen molar-refractivity contribution in [2.45, 2.75) is 17.5 Å². The number of benzene rings is 1. The molecule has 0 unspecified atom stereocenters. The number of hydrogen-bond acceptors (Lipinski definition) is 4. The van der Waals surface area contributed by atoms with E-state index in [1.165, 1.54) is 0 Å². The number of nitrogens with one attached hydrogen (secondary N) is 1. The highest BCUT2D eigenvalue weighted by Crippen LogP contribution is 2.22. The third kappa shape index (κ3) is 3.20. The molecule has 0 spiro atoms. The number of aliphatic hydroxyl groups is 1. The molecule has 20 heavy (non-hydrogen) atoms. The molecule has 2 aromatic rings. The number of aliphatic hydroxyl groups excluding tert-OH is 1. The smallest absolute Gasteiger partial charge is 0.251 e. The number of carbonyl (C=O) groups excluding carboxylic acids is 1. The maximum Gasteiger partial charge on any atom is 0.251 e. The highest BCUT2D eigenvalue weighted by Gasteiger charge is 2.07. The Bertz CT molecular complexity index is 593. The van der Waals surface area contributed by atoms with E-state index in [1.807, 2.05) is 35.9 Å². The van der Waals surface area contributed by atoms with E-state index in [9.17, 15) is 4.79 Å². The average Bonchev–Trinajstić information content (AvgIpc) is 2.85. The van der Waals surface area contributed by atoms with Crippen LogP contribution in [-0.4, -0.2) is 27.6 Å². The van der Waals surface area contributed by atoms with Gasteiger partial charge in [-0.1, -0.05) is 23.9 Å². The first-order chi connectivity index (χ1) is 9.65. The van der Waals surface area contributed by atoms with Crippen LogP contribution in [0.15, 0.2) is 35.6 Å². The van der Waals surface area contributed by atoms with Crippen LogP contribution in [0.5, 0.6) is 0 Å². The fraction of sp³-hybridized carbons (Fsp3) is 0.286. The third-order valence-corrected chi connectivity index (χ3v) is 4.13. The Morgan fingerprint density at radius 2 is 2.10 bits per heavy atom. The Hall–Kier alpha value is -1.79. The number of rotatable bonds is 5. The minimum absolute atomic E-state index is 0.00904. The van der Waals surface area contributed by atoms with Crippen LogP contribution in [0.25, 0.3) is 0 Å². The minimum atomic E-state index is -0.0825. The lowest BCUT2D eigenvalue weighted by atomic mass is 10.1. The predicted octanol–water partition coefficient (Wildman–Crippen LogP) is 1.56. The maximum absolute atomic E-state index is 11.4. The standard InChI is InChI=1S/C14H17N3O2S/c1-15-13(19)11-5-3-10(4-6-11)9-20-14-16-7-12(8-18)17(14)2/h3-7,18H,8-9H2,1-2H3,(H,15,19). The molecule has 2 N–H and O–H groups in total. The topological polar surface area (TPSA) is 67.2 Å². The van der Waals surface area contributed by atoms with Crippen molar-refractivity contribution in [3.05, 3.63) is 47.3 Å². The second kappa shape index (κ2) is 6.58. The Labute approximate surface area is 122 Å². The first kappa shape index (κ1) is 14.6. The maximum atomic E-state index is 11.4. The van der Waals surface area contributed by atoms with Gasteiger partial charge in [0.1, 0.15) is 0 Å². The summed E-state index contributed by atoms with van der Waals surface area (Å²) >= 11 is 1.60. The minimum Gasteiger partial charge on any atom is -0.390 e. The number of aromatic nitrogens is 2. The summed E-state index contributed by atoms with van der Waals surface area (Å²) in [6.45, 7) is -0.00904. The first-order valence-electron chi connectivity index (χ1n) is 6.21. The van der Waals surface area contributed by atoms with E-state index >= 15 is 0 Å². The van der Waals surface area contributed by atoms with Crippen LogP contribution >= 0.6 is 11.8 Å². The molecule has 0 radical (unpaired) electrons. The first-order valence-corrected chi connectivity index (χ1v) is 7.19. The third-order valence-electron chi connectivity index (χ3n) is 3.01. The number of amides is 1. The summed E-state index contributed by atoms with van der Waals surface area (Å²) in [6, 6.07) is 7.50. The van der Waals surface area contributed by atoms with Crippen molar-refractivity contribution in [1.82, 2.24) is 14.9 Å². The fourth-order valence-corrected chi connectivity index (χ4v) is 2.68. The van der Waals surface area contributed by atoms with E-state index in [-0.39, 0.29) is 12.5 Å². The van der Waals surface area contributed by atoms with Gasteiger partial charge in [-0.05, 0) is 17.7 Å². The summed E-state index contributed by atoms with van der Waals surface area (Å²) < 4.78 is 1.88. The molecule has 0 saturated heterocycles. The van der Waals surface area contributed by atoms with Crippen molar-refractivity contribution in [3.8, 4) is 0 Å². The number of hydrogen-bond donors (Lipinski definition) is 2. The zero-order valence-corrected chi connectivity index (χ0v) is 12.3. The molecule has 5 nitrogen and oxygen atoms in total. The lowest BCUT2D eigenvalue weighted by Gasteiger charge is -2.05. The second-order valence-electron chi connectivity index (χ2n) is 4.31. The lowest BCUT2D eigenvalue weighted by molar-refractivity contribution is 0.0963. The van der Waals surface area contributed by atoms with Gasteiger partial charge < -0.3 is 15.0 Å². The summed E-state index contributed by atoms with van der Waals surface area (Å²) in [5, 5.41) is 12.6. The summed E-state index contributed by atoms with van der Waals surface area (Å²) in [5.74, 6) is 0.685. The normalized spacial score (nSPS) is 10.6. The van der Waals surface area contributed by atoms with Crippen LogP contribution < -0.4 is 5.32 Å². The number of imidazole rings is 1. The van der Waals surface area contributed by atoms with E-state index < -0.39 is 0 Å². The van der Waals surface area contributed by atoms with Crippen LogP contribution in [0.3, 0.4) is 0 Å². The highest BCUT2D eigenvalue weighted by molar-refractivity contribution is 7.98. The summed E-state index contributed by atoms with van der Waals surface area (Å²) in [7, 11) is 3.50. The molecule has 0 fully saturated rings. The van der Waals surface area contributed by atoms with E-state index in [0.29, 0.717) is 5.56 Å². The fourth-order valence-electron chi connectivity index (χ4n) is 1.75. The van der Waals surface area contributed by atoms with Crippen molar-refractivity contribution >= 4 is 17.7 Å². The molecule has 0 atom stereocenters. The van der Waals surface area contributed by atoms with Crippen molar-refractivity contribution in [1.29, 1.82) is 0 Å². The van der Waals surface area contributed by atoms with Gasteiger partial charge in [0.2, 0.25) is 0 Å². The molecular weight excluding hydrogens is 274 g/mol. The second-order valence-corrected chi connectivity index (χ2v) is 5.26. The van der Waals surface area contributed by atoms with Crippen LogP contribution in [0.1, 0.15) is 21.6 Å². The summed E-state index contributed by atoms with van der Waals surface area (Å²) in [5.41, 5.74) is 2.57. The van der Waals surface area contributed by atoms with Crippen LogP contribution in [0.4, 0.5) is 0 Å². The zero-order chi connectivity index (χ0) is 14.5. The van der Waals surface area contributed by atoms with Gasteiger partial charge in [0.25, 0.3) is 5.91 Å². The summed E-state index contributed by atoms with van der Waals surface area (Å²) in [4.78, 5) is 15.7. The highest BCUT2D eigenvalue weighted by atomic mass is 32.2. The molecule has 0 saturated carbocycles. The Morgan fingerprint density at radius 1 is 1.40 bits per heavy atom. The molecule has 1 amide bonds. The van der Waals surface area contributed by atoms with E-state index in [2.05, 4.69) is 10.3 Å². The van der Waals surface area contributed by atoms with Crippen molar-refractivity contribution in [2.75, 3.05) is 7.05 Å². The quantitative estimate of drug-likeness (QED) is 0.821. The van der Waals surface area contributed by atoms with Crippen LogP contribution in [0.2, 0.25) is 0 Å². The zero-order valence-electron chi connectivity index (χ0n) is 11.5. The molecular formula is C14H17N3O2S. The largest absolute Gasteiger partial charge is 0.390 e. The van der Waals surface area contributed by atoms with Crippen LogP contribution in [0, 0.1) is 0 Å². The van der Waals surface area contributed by atoms with Gasteiger partial charge in [-0.3, -0.25) is 4.79 Å². The summed E-state index contributed by atoms with van der Waals surface area (Å²) in [6.07, 6.45) is 1.68. The van der Waals surface area contributed by atoms with Gasteiger partial charge in [0, 0.05) is 25.4 Å². The van der Waals surface area contributed by atoms with Crippen molar-refractivity contribution < 1.29 is 9.90 Å². The lowest BCUT2D eigenvalue weighted by Crippen LogP contribution is -2.17. The van der Waals surface area contributed by atoms with E-state index in [1.54, 1.807) is 25.0 Å². The molecule has 6 heteroatoms. The molecule has 1 aromatic carbocycles.